The third kappa shape index (κ3) is 1.35. The van der Waals surface area contributed by atoms with Crippen molar-refractivity contribution in [1.29, 1.82) is 0 Å². The first-order valence-corrected chi connectivity index (χ1v) is 4.80. The molecule has 2 aliphatic heterocycles. The van der Waals surface area contributed by atoms with Crippen molar-refractivity contribution >= 4 is 5.91 Å². The molecule has 0 N–H and O–H groups in total. The van der Waals surface area contributed by atoms with Gasteiger partial charge in [-0.25, -0.2) is 0 Å². The number of carbonyl (C=O) groups excluding carboxylic acids is 1. The number of carbonyl (C=O) groups is 1. The molecule has 2 fully saturated rings. The van der Waals surface area contributed by atoms with Crippen molar-refractivity contribution < 1.29 is 9.53 Å². The Bertz CT molecular complexity index is 230. The number of hydrogen-bond donors (Lipinski definition) is 0. The van der Waals surface area contributed by atoms with Crippen LogP contribution >= 0.6 is 0 Å². The summed E-state index contributed by atoms with van der Waals surface area (Å²) in [6.45, 7) is 9.42. The van der Waals surface area contributed by atoms with Crippen molar-refractivity contribution in [3.63, 3.8) is 0 Å². The molecular formula is C10H17NO2. The van der Waals surface area contributed by atoms with Crippen LogP contribution in [0, 0.1) is 10.8 Å². The van der Waals surface area contributed by atoms with E-state index in [1.165, 1.54) is 0 Å². The lowest BCUT2D eigenvalue weighted by molar-refractivity contribution is -0.199. The largest absolute Gasteiger partial charge is 0.380 e. The van der Waals surface area contributed by atoms with Gasteiger partial charge < -0.3 is 9.64 Å². The number of amides is 1. The van der Waals surface area contributed by atoms with Crippen LogP contribution in [0.3, 0.4) is 0 Å². The molecule has 0 aromatic heterocycles. The second-order valence-electron chi connectivity index (χ2n) is 5.40. The molecule has 0 aromatic rings. The second-order valence-corrected chi connectivity index (χ2v) is 5.40. The fourth-order valence-electron chi connectivity index (χ4n) is 1.95. The molecule has 0 bridgehead atoms. The Labute approximate surface area is 79.0 Å². The van der Waals surface area contributed by atoms with E-state index >= 15 is 0 Å². The maximum Gasteiger partial charge on any atom is 0.227 e. The summed E-state index contributed by atoms with van der Waals surface area (Å²) in [6, 6.07) is 0. The summed E-state index contributed by atoms with van der Waals surface area (Å²) in [5.41, 5.74) is 0.118. The third-order valence-electron chi connectivity index (χ3n) is 2.80. The molecule has 0 atom stereocenters. The van der Waals surface area contributed by atoms with Crippen molar-refractivity contribution in [3.8, 4) is 0 Å². The van der Waals surface area contributed by atoms with Crippen molar-refractivity contribution in [3.05, 3.63) is 0 Å². The summed E-state index contributed by atoms with van der Waals surface area (Å²) in [6.07, 6.45) is 0. The molecular weight excluding hydrogens is 166 g/mol. The fourth-order valence-corrected chi connectivity index (χ4v) is 1.95. The molecule has 2 aliphatic rings. The number of likely N-dealkylation sites (tertiary alicyclic amines) is 1. The van der Waals surface area contributed by atoms with Gasteiger partial charge in [0.1, 0.15) is 0 Å². The first kappa shape index (κ1) is 9.00. The van der Waals surface area contributed by atoms with Gasteiger partial charge in [0, 0.05) is 18.5 Å². The van der Waals surface area contributed by atoms with Gasteiger partial charge in [-0.1, -0.05) is 20.8 Å². The van der Waals surface area contributed by atoms with Crippen molar-refractivity contribution in [2.45, 2.75) is 20.8 Å². The summed E-state index contributed by atoms with van der Waals surface area (Å²) in [4.78, 5) is 13.7. The predicted molar refractivity (Wildman–Crippen MR) is 49.3 cm³/mol. The van der Waals surface area contributed by atoms with E-state index in [-0.39, 0.29) is 11.3 Å². The monoisotopic (exact) mass is 183 g/mol. The van der Waals surface area contributed by atoms with Crippen LogP contribution in [0.4, 0.5) is 0 Å². The minimum Gasteiger partial charge on any atom is -0.380 e. The van der Waals surface area contributed by atoms with Gasteiger partial charge in [0.15, 0.2) is 0 Å². The van der Waals surface area contributed by atoms with Crippen LogP contribution in [0.1, 0.15) is 20.8 Å². The number of rotatable bonds is 0. The number of ether oxygens (including phenoxy) is 1. The zero-order chi connectivity index (χ0) is 9.69. The Balaban J connectivity index is 1.89. The highest BCUT2D eigenvalue weighted by molar-refractivity contribution is 5.82. The van der Waals surface area contributed by atoms with E-state index in [0.717, 1.165) is 26.3 Å². The zero-order valence-electron chi connectivity index (χ0n) is 8.59. The van der Waals surface area contributed by atoms with Crippen LogP contribution < -0.4 is 0 Å². The zero-order valence-corrected chi connectivity index (χ0v) is 8.59. The van der Waals surface area contributed by atoms with E-state index in [4.69, 9.17) is 4.74 Å². The number of hydrogen-bond acceptors (Lipinski definition) is 2. The predicted octanol–water partition coefficient (Wildman–Crippen LogP) is 0.891. The average molecular weight is 183 g/mol. The quantitative estimate of drug-likeness (QED) is 0.558. The third-order valence-corrected chi connectivity index (χ3v) is 2.80. The van der Waals surface area contributed by atoms with Gasteiger partial charge in [0.25, 0.3) is 0 Å². The molecule has 0 unspecified atom stereocenters. The van der Waals surface area contributed by atoms with Gasteiger partial charge in [0.2, 0.25) is 5.91 Å². The molecule has 2 rings (SSSR count). The van der Waals surface area contributed by atoms with Crippen LogP contribution in [0.5, 0.6) is 0 Å². The van der Waals surface area contributed by atoms with E-state index in [1.807, 2.05) is 25.7 Å². The van der Waals surface area contributed by atoms with Crippen molar-refractivity contribution in [2.24, 2.45) is 10.8 Å². The van der Waals surface area contributed by atoms with Gasteiger partial charge in [-0.05, 0) is 0 Å². The van der Waals surface area contributed by atoms with E-state index in [0.29, 0.717) is 5.41 Å². The lowest BCUT2D eigenvalue weighted by Gasteiger charge is -2.56. The molecule has 13 heavy (non-hydrogen) atoms. The lowest BCUT2D eigenvalue weighted by atomic mass is 9.76. The SMILES string of the molecule is CC(C)(C)C(=O)N1CC2(COC2)C1. The van der Waals surface area contributed by atoms with Crippen LogP contribution in [0.15, 0.2) is 0 Å². The van der Waals surface area contributed by atoms with Crippen LogP contribution in [0.2, 0.25) is 0 Å². The molecule has 0 saturated carbocycles. The van der Waals surface area contributed by atoms with Gasteiger partial charge >= 0.3 is 0 Å². The van der Waals surface area contributed by atoms with E-state index in [1.54, 1.807) is 0 Å². The summed E-state index contributed by atoms with van der Waals surface area (Å²) in [5, 5.41) is 0. The second kappa shape index (κ2) is 2.47. The molecule has 1 amide bonds. The number of nitrogens with zero attached hydrogens (tertiary/aromatic N) is 1. The fraction of sp³-hybridized carbons (Fsp3) is 0.900. The molecule has 2 heterocycles. The van der Waals surface area contributed by atoms with Gasteiger partial charge in [-0.2, -0.15) is 0 Å². The first-order valence-electron chi connectivity index (χ1n) is 4.80. The molecule has 0 aliphatic carbocycles. The average Bonchev–Trinajstić information content (AvgIpc) is 1.78. The normalized spacial score (nSPS) is 25.3. The summed E-state index contributed by atoms with van der Waals surface area (Å²) in [5.74, 6) is 0.269. The summed E-state index contributed by atoms with van der Waals surface area (Å²) < 4.78 is 5.16. The molecule has 3 nitrogen and oxygen atoms in total. The molecule has 0 aromatic carbocycles. The molecule has 0 radical (unpaired) electrons. The lowest BCUT2D eigenvalue weighted by Crippen LogP contribution is -2.68. The van der Waals surface area contributed by atoms with Crippen molar-refractivity contribution in [1.82, 2.24) is 4.90 Å². The summed E-state index contributed by atoms with van der Waals surface area (Å²) in [7, 11) is 0. The van der Waals surface area contributed by atoms with Crippen LogP contribution in [0.25, 0.3) is 0 Å². The highest BCUT2D eigenvalue weighted by Crippen LogP contribution is 2.39. The van der Waals surface area contributed by atoms with Crippen LogP contribution in [-0.2, 0) is 9.53 Å². The Kier molecular flexibility index (Phi) is 1.71. The summed E-state index contributed by atoms with van der Waals surface area (Å²) >= 11 is 0. The minimum absolute atomic E-state index is 0.230. The molecule has 74 valence electrons. The van der Waals surface area contributed by atoms with E-state index < -0.39 is 0 Å². The van der Waals surface area contributed by atoms with Gasteiger partial charge in [-0.3, -0.25) is 4.79 Å². The first-order chi connectivity index (χ1) is 5.93. The van der Waals surface area contributed by atoms with Gasteiger partial charge in [0.05, 0.1) is 18.6 Å². The molecule has 1 spiro atoms. The smallest absolute Gasteiger partial charge is 0.227 e. The topological polar surface area (TPSA) is 29.5 Å². The maximum absolute atomic E-state index is 11.8. The standard InChI is InChI=1S/C10H17NO2/c1-9(2,3)8(12)11-4-10(5-11)6-13-7-10/h4-7H2,1-3H3. The minimum atomic E-state index is -0.230. The Morgan fingerprint density at radius 3 is 2.15 bits per heavy atom. The Hall–Kier alpha value is -0.570. The Morgan fingerprint density at radius 2 is 1.85 bits per heavy atom. The van der Waals surface area contributed by atoms with Crippen molar-refractivity contribution in [2.75, 3.05) is 26.3 Å². The highest BCUT2D eigenvalue weighted by Gasteiger charge is 2.51. The molecule has 3 heteroatoms. The van der Waals surface area contributed by atoms with Gasteiger partial charge in [-0.15, -0.1) is 0 Å². The van der Waals surface area contributed by atoms with E-state index in [9.17, 15) is 4.79 Å². The highest BCUT2D eigenvalue weighted by atomic mass is 16.5. The Morgan fingerprint density at radius 1 is 1.31 bits per heavy atom. The molecule has 2 saturated heterocycles. The van der Waals surface area contributed by atoms with E-state index in [2.05, 4.69) is 0 Å². The van der Waals surface area contributed by atoms with Crippen LogP contribution in [-0.4, -0.2) is 37.1 Å². The maximum atomic E-state index is 11.8.